The maximum Gasteiger partial charge on any atom is 0.150 e. The maximum absolute atomic E-state index is 6.44. The topological polar surface area (TPSA) is 54.8 Å². The Kier molecular flexibility index (Phi) is 13.0. The fourth-order valence-electron chi connectivity index (χ4n) is 5.35. The van der Waals surface area contributed by atoms with E-state index in [0.29, 0.717) is 19.1 Å². The van der Waals surface area contributed by atoms with E-state index in [1.54, 1.807) is 0 Å². The second-order valence-electron chi connectivity index (χ2n) is 10.2. The number of unbranched alkanes of at least 4 members (excludes halogenated alkanes) is 1. The molecule has 2 aromatic rings. The molecule has 7 heteroatoms. The molecule has 0 amide bonds. The molecule has 1 aliphatic rings. The Hall–Kier alpha value is -1.83. The fraction of sp³-hybridized carbons (Fsp3) is 0.767. The monoisotopic (exact) mass is 515 g/mol. The number of hydrogen-bond acceptors (Lipinski definition) is 6. The molecule has 0 saturated carbocycles. The molecule has 1 fully saturated rings. The van der Waals surface area contributed by atoms with Gasteiger partial charge in [-0.15, -0.1) is 0 Å². The Morgan fingerprint density at radius 1 is 0.865 bits per heavy atom. The second kappa shape index (κ2) is 16.2. The summed E-state index contributed by atoms with van der Waals surface area (Å²) in [5.74, 6) is 3.51. The van der Waals surface area contributed by atoms with Crippen LogP contribution in [-0.4, -0.2) is 84.9 Å². The van der Waals surface area contributed by atoms with Gasteiger partial charge in [0.25, 0.3) is 0 Å². The molecule has 1 aromatic heterocycles. The number of rotatable bonds is 18. The van der Waals surface area contributed by atoms with E-state index in [1.807, 2.05) is 0 Å². The van der Waals surface area contributed by atoms with Gasteiger partial charge in [-0.1, -0.05) is 41.0 Å². The van der Waals surface area contributed by atoms with E-state index in [-0.39, 0.29) is 0 Å². The highest BCUT2D eigenvalue weighted by Gasteiger charge is 2.24. The first-order valence-electron chi connectivity index (χ1n) is 15.1. The molecule has 7 nitrogen and oxygen atoms in total. The Labute approximate surface area is 225 Å². The van der Waals surface area contributed by atoms with Gasteiger partial charge in [0.1, 0.15) is 17.1 Å². The number of nitrogens with zero attached hydrogens (tertiary/aromatic N) is 4. The number of imidazole rings is 1. The number of ether oxygens (including phenoxy) is 2. The van der Waals surface area contributed by atoms with Gasteiger partial charge >= 0.3 is 0 Å². The predicted molar refractivity (Wildman–Crippen MR) is 155 cm³/mol. The largest absolute Gasteiger partial charge is 0.493 e. The summed E-state index contributed by atoms with van der Waals surface area (Å²) in [5, 5.41) is 3.51. The van der Waals surface area contributed by atoms with Crippen LogP contribution in [0.2, 0.25) is 0 Å². The molecule has 2 heterocycles. The van der Waals surface area contributed by atoms with Crippen molar-refractivity contribution >= 4 is 11.0 Å². The lowest BCUT2D eigenvalue weighted by molar-refractivity contribution is 0.243. The van der Waals surface area contributed by atoms with E-state index in [0.717, 1.165) is 108 Å². The van der Waals surface area contributed by atoms with Gasteiger partial charge < -0.3 is 29.2 Å². The van der Waals surface area contributed by atoms with Crippen LogP contribution >= 0.6 is 0 Å². The summed E-state index contributed by atoms with van der Waals surface area (Å²) in [6, 6.07) is 4.29. The van der Waals surface area contributed by atoms with Crippen molar-refractivity contribution in [2.24, 2.45) is 0 Å². The number of aryl methyl sites for hydroxylation is 1. The van der Waals surface area contributed by atoms with Gasteiger partial charge in [-0.2, -0.15) is 0 Å². The van der Waals surface area contributed by atoms with Crippen molar-refractivity contribution < 1.29 is 9.47 Å². The number of piperidine rings is 1. The lowest BCUT2D eigenvalue weighted by Crippen LogP contribution is -2.28. The van der Waals surface area contributed by atoms with Crippen LogP contribution in [-0.2, 0) is 6.54 Å². The van der Waals surface area contributed by atoms with Gasteiger partial charge in [-0.05, 0) is 71.4 Å². The average Bonchev–Trinajstić information content (AvgIpc) is 3.31. The number of hydrogen-bond donors (Lipinski definition) is 1. The third-order valence-electron chi connectivity index (χ3n) is 7.81. The van der Waals surface area contributed by atoms with Crippen molar-refractivity contribution in [2.75, 3.05) is 65.6 Å². The van der Waals surface area contributed by atoms with Gasteiger partial charge in [0.2, 0.25) is 0 Å². The van der Waals surface area contributed by atoms with E-state index < -0.39 is 0 Å². The van der Waals surface area contributed by atoms with Crippen LogP contribution in [0.5, 0.6) is 11.5 Å². The third-order valence-corrected chi connectivity index (χ3v) is 7.81. The van der Waals surface area contributed by atoms with Crippen LogP contribution in [0.15, 0.2) is 12.1 Å². The summed E-state index contributed by atoms with van der Waals surface area (Å²) in [7, 11) is 0. The molecular weight excluding hydrogens is 462 g/mol. The second-order valence-corrected chi connectivity index (χ2v) is 10.2. The molecule has 3 rings (SSSR count). The first-order chi connectivity index (χ1) is 18.1. The number of benzene rings is 1. The molecule has 0 spiro atoms. The molecule has 0 bridgehead atoms. The fourth-order valence-corrected chi connectivity index (χ4v) is 5.35. The van der Waals surface area contributed by atoms with E-state index in [2.05, 4.69) is 66.4 Å². The van der Waals surface area contributed by atoms with Gasteiger partial charge in [0.15, 0.2) is 5.75 Å². The van der Waals surface area contributed by atoms with Crippen LogP contribution < -0.4 is 14.8 Å². The first-order valence-corrected chi connectivity index (χ1v) is 15.1. The van der Waals surface area contributed by atoms with Crippen molar-refractivity contribution in [3.05, 3.63) is 18.0 Å². The molecule has 0 radical (unpaired) electrons. The molecular formula is C30H53N5O2. The number of fused-ring (bicyclic) bond motifs is 1. The van der Waals surface area contributed by atoms with E-state index in [4.69, 9.17) is 14.5 Å². The van der Waals surface area contributed by atoms with Crippen molar-refractivity contribution in [3.63, 3.8) is 0 Å². The van der Waals surface area contributed by atoms with Crippen LogP contribution in [0.3, 0.4) is 0 Å². The lowest BCUT2D eigenvalue weighted by Gasteiger charge is -2.23. The first kappa shape index (κ1) is 29.7. The predicted octanol–water partition coefficient (Wildman–Crippen LogP) is 5.52. The highest BCUT2D eigenvalue weighted by Crippen LogP contribution is 2.36. The minimum atomic E-state index is 0.500. The standard InChI is InChI=1S/C30H53N5O2/c1-6-11-20-35-27-23-26(36-21-12-18-33(7-2)8-3)24-28(37-22-13-19-34(9-4)10-5)29(27)32-30(35)25-14-16-31-17-15-25/h23-25,31H,6-22H2,1-5H3. The summed E-state index contributed by atoms with van der Waals surface area (Å²) in [4.78, 5) is 10.1. The Bertz CT molecular complexity index is 901. The quantitative estimate of drug-likeness (QED) is 0.264. The molecule has 210 valence electrons. The van der Waals surface area contributed by atoms with E-state index in [1.165, 1.54) is 17.8 Å². The van der Waals surface area contributed by atoms with Crippen LogP contribution in [0.4, 0.5) is 0 Å². The zero-order valence-corrected chi connectivity index (χ0v) is 24.4. The van der Waals surface area contributed by atoms with Crippen molar-refractivity contribution in [1.29, 1.82) is 0 Å². The minimum Gasteiger partial charge on any atom is -0.493 e. The van der Waals surface area contributed by atoms with Gasteiger partial charge in [0, 0.05) is 37.7 Å². The smallest absolute Gasteiger partial charge is 0.150 e. The zero-order valence-electron chi connectivity index (χ0n) is 24.4. The molecule has 1 saturated heterocycles. The molecule has 0 unspecified atom stereocenters. The molecule has 1 aromatic carbocycles. The van der Waals surface area contributed by atoms with Crippen LogP contribution in [0.1, 0.15) is 84.9 Å². The summed E-state index contributed by atoms with van der Waals surface area (Å²) in [5.41, 5.74) is 2.17. The van der Waals surface area contributed by atoms with Gasteiger partial charge in [0.05, 0.1) is 18.7 Å². The highest BCUT2D eigenvalue weighted by molar-refractivity contribution is 5.84. The van der Waals surface area contributed by atoms with Crippen LogP contribution in [0.25, 0.3) is 11.0 Å². The highest BCUT2D eigenvalue weighted by atomic mass is 16.5. The van der Waals surface area contributed by atoms with E-state index in [9.17, 15) is 0 Å². The van der Waals surface area contributed by atoms with Crippen molar-refractivity contribution in [2.45, 2.75) is 85.6 Å². The summed E-state index contributed by atoms with van der Waals surface area (Å²) >= 11 is 0. The van der Waals surface area contributed by atoms with Crippen molar-refractivity contribution in [3.8, 4) is 11.5 Å². The summed E-state index contributed by atoms with van der Waals surface area (Å²) < 4.78 is 15.2. The van der Waals surface area contributed by atoms with E-state index >= 15 is 0 Å². The lowest BCUT2D eigenvalue weighted by atomic mass is 9.97. The van der Waals surface area contributed by atoms with Gasteiger partial charge in [-0.25, -0.2) is 4.98 Å². The SMILES string of the molecule is CCCCn1c(C2CCNCC2)nc2c(OCCCN(CC)CC)cc(OCCCN(CC)CC)cc21. The zero-order chi connectivity index (χ0) is 26.5. The Morgan fingerprint density at radius 3 is 2.08 bits per heavy atom. The molecule has 0 atom stereocenters. The Balaban J connectivity index is 1.85. The molecule has 1 aliphatic heterocycles. The third kappa shape index (κ3) is 8.59. The molecule has 0 aliphatic carbocycles. The number of nitrogens with one attached hydrogen (secondary N) is 1. The molecule has 1 N–H and O–H groups in total. The van der Waals surface area contributed by atoms with Crippen molar-refractivity contribution in [1.82, 2.24) is 24.7 Å². The Morgan fingerprint density at radius 2 is 1.49 bits per heavy atom. The number of aromatic nitrogens is 2. The van der Waals surface area contributed by atoms with Gasteiger partial charge in [-0.3, -0.25) is 0 Å². The molecule has 37 heavy (non-hydrogen) atoms. The van der Waals surface area contributed by atoms with Crippen LogP contribution in [0, 0.1) is 0 Å². The maximum atomic E-state index is 6.44. The normalized spacial score (nSPS) is 14.8. The minimum absolute atomic E-state index is 0.500. The summed E-state index contributed by atoms with van der Waals surface area (Å²) in [6.45, 7) is 22.2. The average molecular weight is 516 g/mol. The summed E-state index contributed by atoms with van der Waals surface area (Å²) in [6.07, 6.45) is 6.64.